The van der Waals surface area contributed by atoms with Gasteiger partial charge in [0, 0.05) is 38.0 Å². The quantitative estimate of drug-likeness (QED) is 0.896. The van der Waals surface area contributed by atoms with Gasteiger partial charge in [0.25, 0.3) is 5.92 Å². The molecule has 0 saturated carbocycles. The van der Waals surface area contributed by atoms with Crippen LogP contribution in [0.5, 0.6) is 0 Å². The van der Waals surface area contributed by atoms with Crippen molar-refractivity contribution in [2.24, 2.45) is 0 Å². The van der Waals surface area contributed by atoms with E-state index >= 15 is 0 Å². The highest BCUT2D eigenvalue weighted by atomic mass is 32.2. The van der Waals surface area contributed by atoms with Crippen molar-refractivity contribution >= 4 is 21.6 Å². The van der Waals surface area contributed by atoms with Crippen LogP contribution < -0.4 is 5.32 Å². The number of sulfonamides is 1. The predicted octanol–water partition coefficient (Wildman–Crippen LogP) is 2.38. The highest BCUT2D eigenvalue weighted by molar-refractivity contribution is 7.89. The molecule has 8 heteroatoms. The van der Waals surface area contributed by atoms with E-state index in [1.165, 1.54) is 6.07 Å². The number of nitrogens with zero attached hydrogens (tertiary/aromatic N) is 1. The third-order valence-electron chi connectivity index (χ3n) is 4.29. The zero-order valence-electron chi connectivity index (χ0n) is 12.5. The molecule has 5 nitrogen and oxygen atoms in total. The van der Waals surface area contributed by atoms with Gasteiger partial charge in [0.2, 0.25) is 15.9 Å². The lowest BCUT2D eigenvalue weighted by molar-refractivity contribution is -0.116. The second-order valence-corrected chi connectivity index (χ2v) is 7.92. The number of rotatable bonds is 2. The SMILES string of the molecule is O=C1CCCc2cc(S(=O)(=O)N3CCC(F)(F)CC3)ccc2N1. The number of halogens is 2. The maximum Gasteiger partial charge on any atom is 0.250 e. The lowest BCUT2D eigenvalue weighted by Crippen LogP contribution is -2.42. The number of hydrogen-bond acceptors (Lipinski definition) is 3. The van der Waals surface area contributed by atoms with Gasteiger partial charge < -0.3 is 5.32 Å². The van der Waals surface area contributed by atoms with Gasteiger partial charge in [0.1, 0.15) is 0 Å². The molecule has 2 aliphatic rings. The first kappa shape index (κ1) is 16.3. The molecule has 0 unspecified atom stereocenters. The van der Waals surface area contributed by atoms with Gasteiger partial charge in [-0.2, -0.15) is 4.31 Å². The summed E-state index contributed by atoms with van der Waals surface area (Å²) in [5.74, 6) is -2.87. The standard InChI is InChI=1S/C15H18F2N2O3S/c16-15(17)6-8-19(9-7-15)23(21,22)12-4-5-13-11(10-12)2-1-3-14(20)18-13/h4-5,10H,1-3,6-9H2,(H,18,20). The fourth-order valence-electron chi connectivity index (χ4n) is 2.91. The summed E-state index contributed by atoms with van der Waals surface area (Å²) in [5, 5.41) is 2.74. The predicted molar refractivity (Wildman–Crippen MR) is 80.9 cm³/mol. The molecule has 2 aliphatic heterocycles. The molecule has 0 spiro atoms. The third kappa shape index (κ3) is 3.37. The number of piperidine rings is 1. The molecular formula is C15H18F2N2O3S. The number of benzene rings is 1. The molecule has 126 valence electrons. The van der Waals surface area contributed by atoms with Gasteiger partial charge in [-0.3, -0.25) is 4.79 Å². The summed E-state index contributed by atoms with van der Waals surface area (Å²) in [7, 11) is -3.78. The van der Waals surface area contributed by atoms with E-state index in [1.807, 2.05) is 0 Å². The number of nitrogens with one attached hydrogen (secondary N) is 1. The van der Waals surface area contributed by atoms with Crippen molar-refractivity contribution < 1.29 is 22.0 Å². The van der Waals surface area contributed by atoms with Crippen LogP contribution in [0.15, 0.2) is 23.1 Å². The first-order valence-electron chi connectivity index (χ1n) is 7.59. The van der Waals surface area contributed by atoms with Crippen LogP contribution in [0.4, 0.5) is 14.5 Å². The van der Waals surface area contributed by atoms with Crippen LogP contribution >= 0.6 is 0 Å². The van der Waals surface area contributed by atoms with E-state index in [1.54, 1.807) is 12.1 Å². The van der Waals surface area contributed by atoms with Gasteiger partial charge in [-0.05, 0) is 36.6 Å². The van der Waals surface area contributed by atoms with E-state index in [4.69, 9.17) is 0 Å². The number of amides is 1. The molecule has 0 aromatic heterocycles. The van der Waals surface area contributed by atoms with Crippen molar-refractivity contribution in [3.8, 4) is 0 Å². The van der Waals surface area contributed by atoms with Gasteiger partial charge in [-0.25, -0.2) is 17.2 Å². The fourth-order valence-corrected chi connectivity index (χ4v) is 4.41. The smallest absolute Gasteiger partial charge is 0.250 e. The van der Waals surface area contributed by atoms with E-state index in [0.717, 1.165) is 9.87 Å². The Bertz CT molecular complexity index is 724. The van der Waals surface area contributed by atoms with Crippen LogP contribution in [-0.4, -0.2) is 37.6 Å². The number of carbonyl (C=O) groups excluding carboxylic acids is 1. The fraction of sp³-hybridized carbons (Fsp3) is 0.533. The number of anilines is 1. The van der Waals surface area contributed by atoms with Crippen molar-refractivity contribution in [2.75, 3.05) is 18.4 Å². The summed E-state index contributed by atoms with van der Waals surface area (Å²) >= 11 is 0. The van der Waals surface area contributed by atoms with Crippen LogP contribution in [0.3, 0.4) is 0 Å². The van der Waals surface area contributed by atoms with Gasteiger partial charge in [-0.1, -0.05) is 0 Å². The first-order valence-corrected chi connectivity index (χ1v) is 9.03. The molecule has 1 saturated heterocycles. The van der Waals surface area contributed by atoms with Crippen molar-refractivity contribution in [3.05, 3.63) is 23.8 Å². The Balaban J connectivity index is 1.86. The minimum absolute atomic E-state index is 0.0855. The Morgan fingerprint density at radius 1 is 1.13 bits per heavy atom. The van der Waals surface area contributed by atoms with Crippen LogP contribution in [0.1, 0.15) is 31.2 Å². The monoisotopic (exact) mass is 344 g/mol. The van der Waals surface area contributed by atoms with E-state index in [0.29, 0.717) is 24.9 Å². The third-order valence-corrected chi connectivity index (χ3v) is 6.19. The number of fused-ring (bicyclic) bond motifs is 1. The molecular weight excluding hydrogens is 326 g/mol. The lowest BCUT2D eigenvalue weighted by Gasteiger charge is -2.31. The summed E-state index contributed by atoms with van der Waals surface area (Å²) in [6.45, 7) is -0.355. The molecule has 1 fully saturated rings. The normalized spacial score (nSPS) is 22.1. The molecule has 23 heavy (non-hydrogen) atoms. The number of hydrogen-bond donors (Lipinski definition) is 1. The Morgan fingerprint density at radius 3 is 2.52 bits per heavy atom. The molecule has 1 amide bonds. The Hall–Kier alpha value is -1.54. The molecule has 0 bridgehead atoms. The summed E-state index contributed by atoms with van der Waals surface area (Å²) < 4.78 is 52.8. The second-order valence-electron chi connectivity index (χ2n) is 5.98. The molecule has 0 aliphatic carbocycles. The zero-order chi connectivity index (χ0) is 16.7. The minimum atomic E-state index is -3.78. The van der Waals surface area contributed by atoms with E-state index in [-0.39, 0.29) is 23.9 Å². The highest BCUT2D eigenvalue weighted by Crippen LogP contribution is 2.32. The van der Waals surface area contributed by atoms with Gasteiger partial charge >= 0.3 is 0 Å². The Labute approximate surface area is 133 Å². The molecule has 0 radical (unpaired) electrons. The number of carbonyl (C=O) groups is 1. The van der Waals surface area contributed by atoms with Crippen molar-refractivity contribution in [3.63, 3.8) is 0 Å². The van der Waals surface area contributed by atoms with Gasteiger partial charge in [0.05, 0.1) is 4.90 Å². The van der Waals surface area contributed by atoms with E-state index in [2.05, 4.69) is 5.32 Å². The first-order chi connectivity index (χ1) is 10.8. The molecule has 1 N–H and O–H groups in total. The summed E-state index contributed by atoms with van der Waals surface area (Å²) in [4.78, 5) is 11.6. The van der Waals surface area contributed by atoms with Crippen LogP contribution in [0.2, 0.25) is 0 Å². The zero-order valence-corrected chi connectivity index (χ0v) is 13.3. The number of alkyl halides is 2. The maximum absolute atomic E-state index is 13.2. The van der Waals surface area contributed by atoms with Crippen LogP contribution in [0, 0.1) is 0 Å². The largest absolute Gasteiger partial charge is 0.326 e. The average Bonchev–Trinajstić information content (AvgIpc) is 2.66. The van der Waals surface area contributed by atoms with Gasteiger partial charge in [-0.15, -0.1) is 0 Å². The Morgan fingerprint density at radius 2 is 1.83 bits per heavy atom. The van der Waals surface area contributed by atoms with Gasteiger partial charge in [0.15, 0.2) is 0 Å². The van der Waals surface area contributed by atoms with Crippen LogP contribution in [0.25, 0.3) is 0 Å². The molecule has 0 atom stereocenters. The molecule has 1 aromatic carbocycles. The summed E-state index contributed by atoms with van der Waals surface area (Å²) in [5.41, 5.74) is 1.39. The molecule has 2 heterocycles. The van der Waals surface area contributed by atoms with E-state index < -0.39 is 28.8 Å². The Kier molecular flexibility index (Phi) is 4.14. The highest BCUT2D eigenvalue weighted by Gasteiger charge is 2.38. The maximum atomic E-state index is 13.2. The minimum Gasteiger partial charge on any atom is -0.326 e. The van der Waals surface area contributed by atoms with Crippen molar-refractivity contribution in [2.45, 2.75) is 42.9 Å². The second kappa shape index (κ2) is 5.83. The lowest BCUT2D eigenvalue weighted by atomic mass is 10.1. The van der Waals surface area contributed by atoms with Crippen LogP contribution in [-0.2, 0) is 21.2 Å². The van der Waals surface area contributed by atoms with Crippen molar-refractivity contribution in [1.29, 1.82) is 0 Å². The van der Waals surface area contributed by atoms with Crippen molar-refractivity contribution in [1.82, 2.24) is 4.31 Å². The topological polar surface area (TPSA) is 66.5 Å². The molecule has 3 rings (SSSR count). The average molecular weight is 344 g/mol. The summed E-state index contributed by atoms with van der Waals surface area (Å²) in [6, 6.07) is 4.54. The summed E-state index contributed by atoms with van der Waals surface area (Å²) in [6.07, 6.45) is 0.756. The molecule has 1 aromatic rings. The number of aryl methyl sites for hydroxylation is 1. The van der Waals surface area contributed by atoms with E-state index in [9.17, 15) is 22.0 Å².